The molecular weight excluding hydrogens is 546 g/mol. The number of hydrogen-bond acceptors (Lipinski definition) is 4. The molecule has 0 aliphatic heterocycles. The molecule has 2 amide bonds. The fourth-order valence-corrected chi connectivity index (χ4v) is 5.38. The average Bonchev–Trinajstić information content (AvgIpc) is 2.90. The minimum atomic E-state index is -3.82. The van der Waals surface area contributed by atoms with Crippen molar-refractivity contribution in [3.63, 3.8) is 0 Å². The van der Waals surface area contributed by atoms with Crippen molar-refractivity contribution in [1.82, 2.24) is 10.2 Å². The molecule has 0 aliphatic rings. The molecular formula is C31H38ClN3O4S. The maximum absolute atomic E-state index is 14.1. The van der Waals surface area contributed by atoms with Crippen molar-refractivity contribution in [2.45, 2.75) is 59.2 Å². The van der Waals surface area contributed by atoms with Gasteiger partial charge in [-0.2, -0.15) is 0 Å². The van der Waals surface area contributed by atoms with Gasteiger partial charge in [-0.05, 0) is 73.7 Å². The maximum atomic E-state index is 14.1. The number of nitrogens with zero attached hydrogens (tertiary/aromatic N) is 2. The molecule has 40 heavy (non-hydrogen) atoms. The van der Waals surface area contributed by atoms with Gasteiger partial charge >= 0.3 is 0 Å². The summed E-state index contributed by atoms with van der Waals surface area (Å²) >= 11 is 6.25. The molecule has 3 rings (SSSR count). The van der Waals surface area contributed by atoms with Crippen LogP contribution in [-0.2, 0) is 32.6 Å². The molecule has 7 nitrogen and oxygen atoms in total. The van der Waals surface area contributed by atoms with Gasteiger partial charge in [-0.15, -0.1) is 0 Å². The number of aryl methyl sites for hydroxylation is 2. The summed E-state index contributed by atoms with van der Waals surface area (Å²) in [7, 11) is -3.82. The lowest BCUT2D eigenvalue weighted by molar-refractivity contribution is -0.140. The van der Waals surface area contributed by atoms with E-state index >= 15 is 0 Å². The average molecular weight is 584 g/mol. The van der Waals surface area contributed by atoms with E-state index in [2.05, 4.69) is 5.32 Å². The van der Waals surface area contributed by atoms with Crippen molar-refractivity contribution < 1.29 is 18.0 Å². The first-order valence-corrected chi connectivity index (χ1v) is 15.5. The highest BCUT2D eigenvalue weighted by atomic mass is 35.5. The van der Waals surface area contributed by atoms with E-state index in [1.165, 1.54) is 4.90 Å². The van der Waals surface area contributed by atoms with E-state index in [0.717, 1.165) is 39.2 Å². The Labute approximate surface area is 243 Å². The third-order valence-electron chi connectivity index (χ3n) is 6.97. The Kier molecular flexibility index (Phi) is 10.8. The molecule has 0 spiro atoms. The summed E-state index contributed by atoms with van der Waals surface area (Å²) in [6.07, 6.45) is 2.06. The normalized spacial score (nSPS) is 12.8. The Hall–Kier alpha value is -3.36. The van der Waals surface area contributed by atoms with Gasteiger partial charge in [0.2, 0.25) is 21.8 Å². The van der Waals surface area contributed by atoms with Crippen molar-refractivity contribution in [3.05, 3.63) is 100 Å². The molecule has 0 saturated carbocycles. The van der Waals surface area contributed by atoms with Crippen LogP contribution in [0.1, 0.15) is 42.5 Å². The van der Waals surface area contributed by atoms with Crippen molar-refractivity contribution in [2.75, 3.05) is 17.1 Å². The van der Waals surface area contributed by atoms with Crippen LogP contribution in [0.2, 0.25) is 5.02 Å². The largest absolute Gasteiger partial charge is 0.352 e. The van der Waals surface area contributed by atoms with Crippen LogP contribution in [0.5, 0.6) is 0 Å². The van der Waals surface area contributed by atoms with Crippen LogP contribution in [0.15, 0.2) is 72.8 Å². The summed E-state index contributed by atoms with van der Waals surface area (Å²) in [6, 6.07) is 20.8. The molecule has 0 aliphatic carbocycles. The van der Waals surface area contributed by atoms with Crippen molar-refractivity contribution in [3.8, 4) is 0 Å². The number of carbonyl (C=O) groups excluding carboxylic acids is 2. The van der Waals surface area contributed by atoms with Crippen molar-refractivity contribution >= 4 is 39.1 Å². The third kappa shape index (κ3) is 8.57. The number of sulfonamides is 1. The molecule has 0 heterocycles. The standard InChI is InChI=1S/C31H38ClN3O4S/c1-6-24(4)33-31(37)29(19-25-11-8-7-9-12-25)34(20-26-13-10-14-27(32)18-26)30(36)21-35(40(5,38)39)28-16-15-22(2)23(3)17-28/h7-18,24,29H,6,19-21H2,1-5H3,(H,33,37)/t24-,29+/m1/s1. The van der Waals surface area contributed by atoms with Gasteiger partial charge in [0.05, 0.1) is 11.9 Å². The first-order chi connectivity index (χ1) is 18.9. The third-order valence-corrected chi connectivity index (χ3v) is 8.35. The lowest BCUT2D eigenvalue weighted by Crippen LogP contribution is -2.54. The predicted molar refractivity (Wildman–Crippen MR) is 162 cm³/mol. The lowest BCUT2D eigenvalue weighted by Gasteiger charge is -2.34. The highest BCUT2D eigenvalue weighted by Crippen LogP contribution is 2.23. The summed E-state index contributed by atoms with van der Waals surface area (Å²) in [5.41, 5.74) is 3.92. The van der Waals surface area contributed by atoms with Gasteiger partial charge < -0.3 is 10.2 Å². The highest BCUT2D eigenvalue weighted by molar-refractivity contribution is 7.92. The van der Waals surface area contributed by atoms with E-state index in [-0.39, 0.29) is 24.9 Å². The quantitative estimate of drug-likeness (QED) is 0.314. The second-order valence-electron chi connectivity index (χ2n) is 10.2. The van der Waals surface area contributed by atoms with Crippen LogP contribution in [0.4, 0.5) is 5.69 Å². The summed E-state index contributed by atoms with van der Waals surface area (Å²) in [5.74, 6) is -0.797. The molecule has 0 unspecified atom stereocenters. The van der Waals surface area contributed by atoms with Crippen LogP contribution >= 0.6 is 11.6 Å². The summed E-state index contributed by atoms with van der Waals surface area (Å²) < 4.78 is 26.9. The number of carbonyl (C=O) groups is 2. The predicted octanol–water partition coefficient (Wildman–Crippen LogP) is 5.28. The number of rotatable bonds is 12. The molecule has 0 aromatic heterocycles. The van der Waals surface area contributed by atoms with E-state index in [0.29, 0.717) is 10.7 Å². The fraction of sp³-hybridized carbons (Fsp3) is 0.355. The minimum absolute atomic E-state index is 0.0787. The Morgan fingerprint density at radius 1 is 0.925 bits per heavy atom. The van der Waals surface area contributed by atoms with E-state index in [4.69, 9.17) is 11.6 Å². The second kappa shape index (κ2) is 13.8. The monoisotopic (exact) mass is 583 g/mol. The Morgan fingerprint density at radius 3 is 2.20 bits per heavy atom. The summed E-state index contributed by atoms with van der Waals surface area (Å²) in [5, 5.41) is 3.52. The Morgan fingerprint density at radius 2 is 1.60 bits per heavy atom. The van der Waals surface area contributed by atoms with Crippen LogP contribution < -0.4 is 9.62 Å². The fourth-order valence-electron chi connectivity index (χ4n) is 4.32. The zero-order chi connectivity index (χ0) is 29.4. The molecule has 0 fully saturated rings. The Bertz CT molecular complexity index is 1430. The van der Waals surface area contributed by atoms with E-state index in [1.807, 2.05) is 70.2 Å². The number of anilines is 1. The molecule has 0 bridgehead atoms. The lowest BCUT2D eigenvalue weighted by atomic mass is 10.0. The van der Waals surface area contributed by atoms with Gasteiger partial charge in [0, 0.05) is 24.0 Å². The Balaban J connectivity index is 2.07. The SMILES string of the molecule is CC[C@@H](C)NC(=O)[C@H](Cc1ccccc1)N(Cc1cccc(Cl)c1)C(=O)CN(c1ccc(C)c(C)c1)S(C)(=O)=O. The van der Waals surface area contributed by atoms with Crippen molar-refractivity contribution in [1.29, 1.82) is 0 Å². The van der Waals surface area contributed by atoms with Gasteiger partial charge in [0.15, 0.2) is 0 Å². The van der Waals surface area contributed by atoms with Gasteiger partial charge in [-0.25, -0.2) is 8.42 Å². The van der Waals surface area contributed by atoms with E-state index in [9.17, 15) is 18.0 Å². The zero-order valence-corrected chi connectivity index (χ0v) is 25.3. The number of amides is 2. The van der Waals surface area contributed by atoms with Crippen LogP contribution in [0, 0.1) is 13.8 Å². The first-order valence-electron chi connectivity index (χ1n) is 13.3. The number of halogens is 1. The number of nitrogens with one attached hydrogen (secondary N) is 1. The first kappa shape index (κ1) is 31.2. The van der Waals surface area contributed by atoms with Gasteiger partial charge in [-0.3, -0.25) is 13.9 Å². The minimum Gasteiger partial charge on any atom is -0.352 e. The number of benzene rings is 3. The van der Waals surface area contributed by atoms with Crippen LogP contribution in [0.3, 0.4) is 0 Å². The molecule has 0 saturated heterocycles. The van der Waals surface area contributed by atoms with Crippen LogP contribution in [-0.4, -0.2) is 50.0 Å². The molecule has 1 N–H and O–H groups in total. The molecule has 0 radical (unpaired) electrons. The van der Waals surface area contributed by atoms with Gasteiger partial charge in [0.25, 0.3) is 0 Å². The number of hydrogen-bond donors (Lipinski definition) is 1. The van der Waals surface area contributed by atoms with Crippen molar-refractivity contribution in [2.24, 2.45) is 0 Å². The second-order valence-corrected chi connectivity index (χ2v) is 12.6. The van der Waals surface area contributed by atoms with Gasteiger partial charge in [-0.1, -0.05) is 67.1 Å². The van der Waals surface area contributed by atoms with Crippen LogP contribution in [0.25, 0.3) is 0 Å². The van der Waals surface area contributed by atoms with Gasteiger partial charge in [0.1, 0.15) is 12.6 Å². The maximum Gasteiger partial charge on any atom is 0.244 e. The zero-order valence-electron chi connectivity index (χ0n) is 23.7. The summed E-state index contributed by atoms with van der Waals surface area (Å²) in [6.45, 7) is 7.33. The van der Waals surface area contributed by atoms with E-state index < -0.39 is 28.5 Å². The molecule has 3 aromatic rings. The molecule has 9 heteroatoms. The van der Waals surface area contributed by atoms with E-state index in [1.54, 1.807) is 30.3 Å². The highest BCUT2D eigenvalue weighted by Gasteiger charge is 2.33. The smallest absolute Gasteiger partial charge is 0.244 e. The molecule has 214 valence electrons. The summed E-state index contributed by atoms with van der Waals surface area (Å²) in [4.78, 5) is 29.3. The molecule has 3 aromatic carbocycles. The topological polar surface area (TPSA) is 86.8 Å². The molecule has 2 atom stereocenters.